The lowest BCUT2D eigenvalue weighted by Crippen LogP contribution is -2.18. The lowest BCUT2D eigenvalue weighted by atomic mass is 10.2. The molecule has 0 aliphatic rings. The number of halogens is 1. The minimum Gasteiger partial charge on any atom is -0.490 e. The number of nitrogens with one attached hydrogen (secondary N) is 1. The van der Waals surface area contributed by atoms with Crippen molar-refractivity contribution in [3.05, 3.63) is 28.8 Å². The molecule has 0 saturated heterocycles. The molecule has 0 radical (unpaired) electrons. The summed E-state index contributed by atoms with van der Waals surface area (Å²) in [6.07, 6.45) is 0. The first-order valence-electron chi connectivity index (χ1n) is 6.57. The van der Waals surface area contributed by atoms with Crippen LogP contribution in [0.2, 0.25) is 5.02 Å². The van der Waals surface area contributed by atoms with Crippen molar-refractivity contribution in [3.63, 3.8) is 0 Å². The molecule has 0 heterocycles. The van der Waals surface area contributed by atoms with Gasteiger partial charge in [-0.2, -0.15) is 0 Å². The van der Waals surface area contributed by atoms with E-state index in [0.29, 0.717) is 37.2 Å². The molecule has 1 aromatic carbocycles. The third-order valence-corrected chi connectivity index (χ3v) is 2.82. The van der Waals surface area contributed by atoms with Gasteiger partial charge in [-0.1, -0.05) is 17.7 Å². The van der Waals surface area contributed by atoms with Gasteiger partial charge in [0.25, 0.3) is 0 Å². The Labute approximate surface area is 124 Å². The summed E-state index contributed by atoms with van der Waals surface area (Å²) in [6, 6.07) is 5.70. The Morgan fingerprint density at radius 1 is 1.20 bits per heavy atom. The topological polar surface area (TPSA) is 60.0 Å². The zero-order chi connectivity index (χ0) is 14.6. The van der Waals surface area contributed by atoms with E-state index in [0.717, 1.165) is 18.7 Å². The highest BCUT2D eigenvalue weighted by molar-refractivity contribution is 6.32. The molecular weight excluding hydrogens is 282 g/mol. The number of hydrogen-bond donors (Lipinski definition) is 2. The van der Waals surface area contributed by atoms with Gasteiger partial charge in [0.05, 0.1) is 31.5 Å². The van der Waals surface area contributed by atoms with Gasteiger partial charge < -0.3 is 24.6 Å². The Hall–Kier alpha value is -0.850. The number of rotatable bonds is 11. The highest BCUT2D eigenvalue weighted by atomic mass is 35.5. The molecule has 0 unspecified atom stereocenters. The van der Waals surface area contributed by atoms with Crippen LogP contribution in [0.5, 0.6) is 5.75 Å². The number of methoxy groups -OCH3 is 1. The summed E-state index contributed by atoms with van der Waals surface area (Å²) < 4.78 is 15.6. The van der Waals surface area contributed by atoms with Gasteiger partial charge in [-0.15, -0.1) is 0 Å². The number of aliphatic hydroxyl groups excluding tert-OH is 1. The van der Waals surface area contributed by atoms with Crippen LogP contribution in [0.25, 0.3) is 0 Å². The number of aliphatic hydroxyl groups is 1. The Kier molecular flexibility index (Phi) is 9.36. The molecule has 0 saturated carbocycles. The molecule has 2 N–H and O–H groups in total. The molecule has 0 aliphatic carbocycles. The van der Waals surface area contributed by atoms with Crippen LogP contribution in [0.1, 0.15) is 5.56 Å². The second kappa shape index (κ2) is 10.9. The van der Waals surface area contributed by atoms with Crippen molar-refractivity contribution in [2.24, 2.45) is 0 Å². The molecule has 1 aromatic rings. The van der Waals surface area contributed by atoms with Crippen LogP contribution >= 0.6 is 11.6 Å². The minimum atomic E-state index is 0.0194. The fraction of sp³-hybridized carbons (Fsp3) is 0.571. The molecule has 0 spiro atoms. The SMILES string of the molecule is COCCNCc1ccc(OCCOCCO)c(Cl)c1. The number of ether oxygens (including phenoxy) is 3. The predicted octanol–water partition coefficient (Wildman–Crippen LogP) is 1.46. The molecule has 5 nitrogen and oxygen atoms in total. The van der Waals surface area contributed by atoms with Crippen LogP contribution in [-0.4, -0.2) is 51.8 Å². The van der Waals surface area contributed by atoms with E-state index in [-0.39, 0.29) is 6.61 Å². The highest BCUT2D eigenvalue weighted by Gasteiger charge is 2.03. The van der Waals surface area contributed by atoms with E-state index in [2.05, 4.69) is 5.32 Å². The summed E-state index contributed by atoms with van der Waals surface area (Å²) in [5.74, 6) is 0.639. The smallest absolute Gasteiger partial charge is 0.138 e. The van der Waals surface area contributed by atoms with Crippen molar-refractivity contribution in [3.8, 4) is 5.75 Å². The lowest BCUT2D eigenvalue weighted by molar-refractivity contribution is 0.0705. The first-order valence-corrected chi connectivity index (χ1v) is 6.95. The maximum atomic E-state index is 8.56. The van der Waals surface area contributed by atoms with Crippen LogP contribution < -0.4 is 10.1 Å². The molecule has 0 fully saturated rings. The largest absolute Gasteiger partial charge is 0.490 e. The van der Waals surface area contributed by atoms with Crippen molar-refractivity contribution in [2.75, 3.05) is 46.7 Å². The first-order chi connectivity index (χ1) is 9.77. The van der Waals surface area contributed by atoms with Crippen LogP contribution in [0.3, 0.4) is 0 Å². The summed E-state index contributed by atoms with van der Waals surface area (Å²) in [6.45, 7) is 3.40. The lowest BCUT2D eigenvalue weighted by Gasteiger charge is -2.10. The molecule has 114 valence electrons. The van der Waals surface area contributed by atoms with Crippen LogP contribution in [0.4, 0.5) is 0 Å². The fourth-order valence-corrected chi connectivity index (χ4v) is 1.81. The van der Waals surface area contributed by atoms with Crippen molar-refractivity contribution in [1.82, 2.24) is 5.32 Å². The molecule has 0 aliphatic heterocycles. The van der Waals surface area contributed by atoms with Gasteiger partial charge in [0.2, 0.25) is 0 Å². The Morgan fingerprint density at radius 2 is 2.05 bits per heavy atom. The summed E-state index contributed by atoms with van der Waals surface area (Å²) in [4.78, 5) is 0. The van der Waals surface area contributed by atoms with Crippen molar-refractivity contribution >= 4 is 11.6 Å². The van der Waals surface area contributed by atoms with E-state index in [1.165, 1.54) is 0 Å². The van der Waals surface area contributed by atoms with Crippen LogP contribution in [-0.2, 0) is 16.0 Å². The molecular formula is C14H22ClNO4. The summed E-state index contributed by atoms with van der Waals surface area (Å²) in [7, 11) is 1.68. The van der Waals surface area contributed by atoms with Crippen LogP contribution in [0.15, 0.2) is 18.2 Å². The predicted molar refractivity (Wildman–Crippen MR) is 78.4 cm³/mol. The van der Waals surface area contributed by atoms with Crippen molar-refractivity contribution in [2.45, 2.75) is 6.54 Å². The zero-order valence-electron chi connectivity index (χ0n) is 11.7. The zero-order valence-corrected chi connectivity index (χ0v) is 12.5. The van der Waals surface area contributed by atoms with Gasteiger partial charge in [0.1, 0.15) is 12.4 Å². The standard InChI is InChI=1S/C14H22ClNO4/c1-18-6-4-16-11-12-2-3-14(13(15)10-12)20-9-8-19-7-5-17/h2-3,10,16-17H,4-9,11H2,1H3. The minimum absolute atomic E-state index is 0.0194. The van der Waals surface area contributed by atoms with Crippen molar-refractivity contribution < 1.29 is 19.3 Å². The van der Waals surface area contributed by atoms with E-state index < -0.39 is 0 Å². The first kappa shape index (κ1) is 17.2. The fourth-order valence-electron chi connectivity index (χ4n) is 1.56. The third-order valence-electron chi connectivity index (χ3n) is 2.53. The Bertz CT molecular complexity index is 376. The van der Waals surface area contributed by atoms with Crippen molar-refractivity contribution in [1.29, 1.82) is 0 Å². The Balaban J connectivity index is 2.31. The number of benzene rings is 1. The third kappa shape index (κ3) is 7.07. The maximum Gasteiger partial charge on any atom is 0.138 e. The molecule has 20 heavy (non-hydrogen) atoms. The molecule has 1 rings (SSSR count). The summed E-state index contributed by atoms with van der Waals surface area (Å²) in [5.41, 5.74) is 1.09. The van der Waals surface area contributed by atoms with Crippen LogP contribution in [0, 0.1) is 0 Å². The summed E-state index contributed by atoms with van der Waals surface area (Å²) >= 11 is 6.15. The van der Waals surface area contributed by atoms with Gasteiger partial charge in [0.15, 0.2) is 0 Å². The monoisotopic (exact) mass is 303 g/mol. The second-order valence-corrected chi connectivity index (χ2v) is 4.53. The normalized spacial score (nSPS) is 10.8. The number of hydrogen-bond acceptors (Lipinski definition) is 5. The Morgan fingerprint density at radius 3 is 2.75 bits per heavy atom. The van der Waals surface area contributed by atoms with E-state index >= 15 is 0 Å². The quantitative estimate of drug-likeness (QED) is 0.606. The molecule has 0 atom stereocenters. The summed E-state index contributed by atoms with van der Waals surface area (Å²) in [5, 5.41) is 12.4. The average Bonchev–Trinajstić information content (AvgIpc) is 2.45. The van der Waals surface area contributed by atoms with E-state index in [9.17, 15) is 0 Å². The van der Waals surface area contributed by atoms with Gasteiger partial charge in [-0.05, 0) is 17.7 Å². The van der Waals surface area contributed by atoms with Gasteiger partial charge in [-0.3, -0.25) is 0 Å². The maximum absolute atomic E-state index is 8.56. The highest BCUT2D eigenvalue weighted by Crippen LogP contribution is 2.25. The average molecular weight is 304 g/mol. The van der Waals surface area contributed by atoms with E-state index in [1.54, 1.807) is 7.11 Å². The molecule has 0 bridgehead atoms. The molecule has 0 amide bonds. The van der Waals surface area contributed by atoms with E-state index in [1.807, 2.05) is 18.2 Å². The molecule has 6 heteroatoms. The van der Waals surface area contributed by atoms with E-state index in [4.69, 9.17) is 30.9 Å². The molecule has 0 aromatic heterocycles. The van der Waals surface area contributed by atoms with Gasteiger partial charge in [-0.25, -0.2) is 0 Å². The van der Waals surface area contributed by atoms with Gasteiger partial charge >= 0.3 is 0 Å². The second-order valence-electron chi connectivity index (χ2n) is 4.12. The van der Waals surface area contributed by atoms with Gasteiger partial charge in [0, 0.05) is 20.2 Å².